The van der Waals surface area contributed by atoms with Crippen LogP contribution in [0.3, 0.4) is 0 Å². The van der Waals surface area contributed by atoms with Crippen molar-refractivity contribution in [3.8, 4) is 0 Å². The first-order valence-corrected chi connectivity index (χ1v) is 5.99. The molecular formula is C12H13BrO3. The third-order valence-electron chi connectivity index (χ3n) is 3.10. The minimum atomic E-state index is -0.819. The van der Waals surface area contributed by atoms with Crippen molar-refractivity contribution in [3.05, 3.63) is 34.3 Å². The van der Waals surface area contributed by atoms with E-state index in [1.807, 2.05) is 24.3 Å². The Morgan fingerprint density at radius 1 is 1.38 bits per heavy atom. The van der Waals surface area contributed by atoms with Crippen molar-refractivity contribution in [1.29, 1.82) is 0 Å². The van der Waals surface area contributed by atoms with Gasteiger partial charge in [0.05, 0.1) is 5.60 Å². The van der Waals surface area contributed by atoms with Gasteiger partial charge in [-0.15, -0.1) is 0 Å². The Morgan fingerprint density at radius 3 is 2.44 bits per heavy atom. The van der Waals surface area contributed by atoms with Crippen LogP contribution in [0.5, 0.6) is 0 Å². The predicted molar refractivity (Wildman–Crippen MR) is 63.0 cm³/mol. The van der Waals surface area contributed by atoms with E-state index in [9.17, 15) is 9.90 Å². The molecule has 0 unspecified atom stereocenters. The molecule has 0 saturated heterocycles. The number of aliphatic hydroxyl groups is 1. The Morgan fingerprint density at radius 2 is 1.94 bits per heavy atom. The molecule has 0 heterocycles. The topological polar surface area (TPSA) is 57.5 Å². The normalized spacial score (nSPS) is 28.5. The summed E-state index contributed by atoms with van der Waals surface area (Å²) in [7, 11) is 0. The van der Waals surface area contributed by atoms with Crippen molar-refractivity contribution in [2.24, 2.45) is 5.92 Å². The van der Waals surface area contributed by atoms with Crippen LogP contribution in [0.15, 0.2) is 28.7 Å². The smallest absolute Gasteiger partial charge is 0.303 e. The monoisotopic (exact) mass is 284 g/mol. The molecule has 1 aromatic rings. The molecule has 0 aliphatic heterocycles. The maximum absolute atomic E-state index is 10.5. The maximum atomic E-state index is 10.5. The number of carbonyl (C=O) groups is 1. The highest BCUT2D eigenvalue weighted by Gasteiger charge is 2.44. The molecule has 0 amide bonds. The SMILES string of the molecule is O=C(O)CC1CC(O)(c2ccc(Br)cc2)C1. The van der Waals surface area contributed by atoms with Crippen molar-refractivity contribution >= 4 is 21.9 Å². The van der Waals surface area contributed by atoms with Crippen LogP contribution < -0.4 is 0 Å². The number of hydrogen-bond acceptors (Lipinski definition) is 2. The largest absolute Gasteiger partial charge is 0.481 e. The highest BCUT2D eigenvalue weighted by atomic mass is 79.9. The van der Waals surface area contributed by atoms with Gasteiger partial charge in [0.2, 0.25) is 0 Å². The maximum Gasteiger partial charge on any atom is 0.303 e. The van der Waals surface area contributed by atoms with E-state index < -0.39 is 11.6 Å². The second-order valence-electron chi connectivity index (χ2n) is 4.41. The predicted octanol–water partition coefficient (Wildman–Crippen LogP) is 2.52. The summed E-state index contributed by atoms with van der Waals surface area (Å²) in [5, 5.41) is 18.9. The second-order valence-corrected chi connectivity index (χ2v) is 5.33. The number of carboxylic acid groups (broad SMARTS) is 1. The van der Waals surface area contributed by atoms with Crippen LogP contribution in [-0.2, 0) is 10.4 Å². The van der Waals surface area contributed by atoms with Gasteiger partial charge in [0, 0.05) is 10.9 Å². The number of benzene rings is 1. The van der Waals surface area contributed by atoms with E-state index in [1.54, 1.807) is 0 Å². The number of halogens is 1. The lowest BCUT2D eigenvalue weighted by Gasteiger charge is -2.43. The molecule has 0 bridgehead atoms. The molecule has 1 saturated carbocycles. The molecule has 0 radical (unpaired) electrons. The average molecular weight is 285 g/mol. The Bertz CT molecular complexity index is 393. The molecule has 1 aromatic carbocycles. The van der Waals surface area contributed by atoms with Crippen LogP contribution in [0.2, 0.25) is 0 Å². The molecule has 1 aliphatic carbocycles. The summed E-state index contributed by atoms with van der Waals surface area (Å²) in [6, 6.07) is 7.53. The molecule has 2 rings (SSSR count). The Kier molecular flexibility index (Phi) is 3.04. The zero-order chi connectivity index (χ0) is 11.8. The van der Waals surface area contributed by atoms with Crippen molar-refractivity contribution in [2.45, 2.75) is 24.9 Å². The zero-order valence-electron chi connectivity index (χ0n) is 8.69. The number of hydrogen-bond donors (Lipinski definition) is 2. The third-order valence-corrected chi connectivity index (χ3v) is 3.63. The van der Waals surface area contributed by atoms with Crippen LogP contribution in [0, 0.1) is 5.92 Å². The van der Waals surface area contributed by atoms with Crippen LogP contribution >= 0.6 is 15.9 Å². The van der Waals surface area contributed by atoms with E-state index >= 15 is 0 Å². The fourth-order valence-corrected chi connectivity index (χ4v) is 2.55. The van der Waals surface area contributed by atoms with E-state index in [4.69, 9.17) is 5.11 Å². The summed E-state index contributed by atoms with van der Waals surface area (Å²) in [5.41, 5.74) is 0.0539. The molecule has 0 aromatic heterocycles. The molecule has 2 N–H and O–H groups in total. The highest BCUT2D eigenvalue weighted by Crippen LogP contribution is 2.47. The van der Waals surface area contributed by atoms with E-state index in [0.29, 0.717) is 12.8 Å². The highest BCUT2D eigenvalue weighted by molar-refractivity contribution is 9.10. The van der Waals surface area contributed by atoms with Gasteiger partial charge in [0.1, 0.15) is 0 Å². The molecule has 1 fully saturated rings. The number of carboxylic acids is 1. The second kappa shape index (κ2) is 4.18. The molecule has 0 spiro atoms. The summed E-state index contributed by atoms with van der Waals surface area (Å²) < 4.78 is 0.973. The lowest BCUT2D eigenvalue weighted by molar-refractivity contribution is -0.143. The summed E-state index contributed by atoms with van der Waals surface area (Å²) in [6.45, 7) is 0. The Balaban J connectivity index is 2.02. The first-order valence-electron chi connectivity index (χ1n) is 5.20. The number of rotatable bonds is 3. The Hall–Kier alpha value is -0.870. The molecule has 1 aliphatic rings. The summed E-state index contributed by atoms with van der Waals surface area (Å²) in [4.78, 5) is 10.5. The minimum absolute atomic E-state index is 0.103. The fraction of sp³-hybridized carbons (Fsp3) is 0.417. The van der Waals surface area contributed by atoms with Gasteiger partial charge >= 0.3 is 5.97 Å². The van der Waals surface area contributed by atoms with Crippen molar-refractivity contribution in [2.75, 3.05) is 0 Å². The third kappa shape index (κ3) is 2.28. The fourth-order valence-electron chi connectivity index (χ4n) is 2.28. The van der Waals surface area contributed by atoms with E-state index in [1.165, 1.54) is 0 Å². The summed E-state index contributed by atoms with van der Waals surface area (Å²) in [6.07, 6.45) is 1.24. The van der Waals surface area contributed by atoms with Crippen LogP contribution in [0.25, 0.3) is 0 Å². The number of aliphatic carboxylic acids is 1. The van der Waals surface area contributed by atoms with Gasteiger partial charge in [-0.05, 0) is 36.5 Å². The molecule has 86 valence electrons. The quantitative estimate of drug-likeness (QED) is 0.897. The standard InChI is InChI=1S/C12H13BrO3/c13-10-3-1-9(2-4-10)12(16)6-8(7-12)5-11(14)15/h1-4,8,16H,5-7H2,(H,14,15). The van der Waals surface area contributed by atoms with Crippen molar-refractivity contribution < 1.29 is 15.0 Å². The molecule has 0 atom stereocenters. The van der Waals surface area contributed by atoms with Gasteiger partial charge in [-0.3, -0.25) is 4.79 Å². The molecule has 16 heavy (non-hydrogen) atoms. The lowest BCUT2D eigenvalue weighted by Crippen LogP contribution is -2.41. The van der Waals surface area contributed by atoms with Gasteiger partial charge in [-0.1, -0.05) is 28.1 Å². The van der Waals surface area contributed by atoms with Crippen molar-refractivity contribution in [1.82, 2.24) is 0 Å². The van der Waals surface area contributed by atoms with Crippen molar-refractivity contribution in [3.63, 3.8) is 0 Å². The van der Waals surface area contributed by atoms with Gasteiger partial charge < -0.3 is 10.2 Å². The first kappa shape index (κ1) is 11.6. The van der Waals surface area contributed by atoms with Gasteiger partial charge in [-0.2, -0.15) is 0 Å². The lowest BCUT2D eigenvalue weighted by atomic mass is 9.66. The van der Waals surface area contributed by atoms with Crippen LogP contribution in [0.4, 0.5) is 0 Å². The molecule has 3 nitrogen and oxygen atoms in total. The summed E-state index contributed by atoms with van der Waals surface area (Å²) in [5.74, 6) is -0.686. The van der Waals surface area contributed by atoms with Gasteiger partial charge in [0.25, 0.3) is 0 Å². The Labute approximate surface area is 102 Å². The molecule has 4 heteroatoms. The zero-order valence-corrected chi connectivity index (χ0v) is 10.3. The van der Waals surface area contributed by atoms with E-state index in [2.05, 4.69) is 15.9 Å². The minimum Gasteiger partial charge on any atom is -0.481 e. The summed E-state index contributed by atoms with van der Waals surface area (Å²) >= 11 is 3.34. The van der Waals surface area contributed by atoms with Crippen LogP contribution in [-0.4, -0.2) is 16.2 Å². The van der Waals surface area contributed by atoms with E-state index in [-0.39, 0.29) is 12.3 Å². The van der Waals surface area contributed by atoms with Crippen LogP contribution in [0.1, 0.15) is 24.8 Å². The molecular weight excluding hydrogens is 272 g/mol. The van der Waals surface area contributed by atoms with E-state index in [0.717, 1.165) is 10.0 Å². The average Bonchev–Trinajstić information content (AvgIpc) is 2.15. The van der Waals surface area contributed by atoms with Gasteiger partial charge in [-0.25, -0.2) is 0 Å². The van der Waals surface area contributed by atoms with Gasteiger partial charge in [0.15, 0.2) is 0 Å². The first-order chi connectivity index (χ1) is 7.49.